The number of aliphatic imine (C=N–C) groups is 1. The number of carbonyl (C=O) groups excluding carboxylic acids is 1. The maximum Gasteiger partial charge on any atom is 0.311 e. The topological polar surface area (TPSA) is 123 Å². The predicted octanol–water partition coefficient (Wildman–Crippen LogP) is 2.96. The first-order valence-electron chi connectivity index (χ1n) is 10.4. The number of para-hydroxylation sites is 1. The predicted molar refractivity (Wildman–Crippen MR) is 128 cm³/mol. The van der Waals surface area contributed by atoms with Gasteiger partial charge in [-0.2, -0.15) is 0 Å². The normalized spacial score (nSPS) is 11.6. The summed E-state index contributed by atoms with van der Waals surface area (Å²) in [6, 6.07) is 13.9. The molecule has 0 saturated heterocycles. The number of nitrogens with one attached hydrogen (secondary N) is 2. The standard InChI is InChI=1S/C23H26N4O5S/c1-4-16-8-6-7-9-20(16)24-15-19-21(14-22(28)32-5-2)25-27(23(19)29)18-12-10-17(11-13-18)26-33(3,30)31/h6-13,15,25-26H,4-5,14H2,1-3H3. The molecule has 33 heavy (non-hydrogen) atoms. The average Bonchev–Trinajstić information content (AvgIpc) is 3.07. The summed E-state index contributed by atoms with van der Waals surface area (Å²) in [5.74, 6) is -0.470. The third-order valence-electron chi connectivity index (χ3n) is 4.77. The van der Waals surface area contributed by atoms with Crippen molar-refractivity contribution in [2.45, 2.75) is 26.7 Å². The van der Waals surface area contributed by atoms with E-state index in [1.807, 2.05) is 31.2 Å². The largest absolute Gasteiger partial charge is 0.466 e. The van der Waals surface area contributed by atoms with Crippen LogP contribution in [0, 0.1) is 0 Å². The molecule has 1 heterocycles. The monoisotopic (exact) mass is 470 g/mol. The number of aromatic nitrogens is 2. The molecule has 0 unspecified atom stereocenters. The van der Waals surface area contributed by atoms with Crippen molar-refractivity contribution in [3.8, 4) is 5.69 Å². The van der Waals surface area contributed by atoms with E-state index in [1.54, 1.807) is 31.2 Å². The van der Waals surface area contributed by atoms with Crippen LogP contribution in [0.4, 0.5) is 11.4 Å². The molecule has 0 aliphatic rings. The van der Waals surface area contributed by atoms with Gasteiger partial charge in [-0.25, -0.2) is 13.1 Å². The van der Waals surface area contributed by atoms with Gasteiger partial charge in [0, 0.05) is 11.9 Å². The van der Waals surface area contributed by atoms with Crippen molar-refractivity contribution >= 4 is 33.6 Å². The lowest BCUT2D eigenvalue weighted by molar-refractivity contribution is -0.142. The summed E-state index contributed by atoms with van der Waals surface area (Å²) >= 11 is 0. The second-order valence-electron chi connectivity index (χ2n) is 7.29. The van der Waals surface area contributed by atoms with Crippen LogP contribution in [0.25, 0.3) is 5.69 Å². The summed E-state index contributed by atoms with van der Waals surface area (Å²) < 4.78 is 31.5. The molecule has 9 nitrogen and oxygen atoms in total. The molecule has 0 radical (unpaired) electrons. The van der Waals surface area contributed by atoms with E-state index >= 15 is 0 Å². The number of esters is 1. The van der Waals surface area contributed by atoms with Crippen LogP contribution in [0.1, 0.15) is 30.7 Å². The highest BCUT2D eigenvalue weighted by molar-refractivity contribution is 7.92. The van der Waals surface area contributed by atoms with Gasteiger partial charge in [0.25, 0.3) is 5.56 Å². The Morgan fingerprint density at radius 3 is 2.48 bits per heavy atom. The van der Waals surface area contributed by atoms with E-state index in [0.717, 1.165) is 23.9 Å². The van der Waals surface area contributed by atoms with E-state index < -0.39 is 21.6 Å². The van der Waals surface area contributed by atoms with Gasteiger partial charge in [-0.1, -0.05) is 25.1 Å². The summed E-state index contributed by atoms with van der Waals surface area (Å²) in [7, 11) is -3.42. The Hall–Kier alpha value is -3.66. The maximum absolute atomic E-state index is 13.2. The van der Waals surface area contributed by atoms with Crippen LogP contribution < -0.4 is 10.3 Å². The fourth-order valence-electron chi connectivity index (χ4n) is 3.26. The molecule has 0 atom stereocenters. The number of hydrogen-bond donors (Lipinski definition) is 2. The van der Waals surface area contributed by atoms with E-state index in [1.165, 1.54) is 10.9 Å². The van der Waals surface area contributed by atoms with Gasteiger partial charge < -0.3 is 4.74 Å². The highest BCUT2D eigenvalue weighted by Crippen LogP contribution is 2.19. The molecule has 0 amide bonds. The molecule has 0 spiro atoms. The van der Waals surface area contributed by atoms with Crippen molar-refractivity contribution in [2.24, 2.45) is 4.99 Å². The number of nitrogens with zero attached hydrogens (tertiary/aromatic N) is 2. The molecule has 1 aromatic heterocycles. The lowest BCUT2D eigenvalue weighted by Crippen LogP contribution is -2.17. The molecule has 0 saturated carbocycles. The van der Waals surface area contributed by atoms with Gasteiger partial charge in [-0.3, -0.25) is 24.4 Å². The first-order valence-corrected chi connectivity index (χ1v) is 12.3. The van der Waals surface area contributed by atoms with Crippen molar-refractivity contribution in [1.82, 2.24) is 9.78 Å². The maximum atomic E-state index is 13.2. The minimum Gasteiger partial charge on any atom is -0.466 e. The Kier molecular flexibility index (Phi) is 7.49. The van der Waals surface area contributed by atoms with Crippen molar-refractivity contribution in [3.05, 3.63) is 75.7 Å². The fourth-order valence-corrected chi connectivity index (χ4v) is 3.83. The zero-order valence-corrected chi connectivity index (χ0v) is 19.5. The lowest BCUT2D eigenvalue weighted by atomic mass is 10.1. The van der Waals surface area contributed by atoms with Gasteiger partial charge in [-0.05, 0) is 49.2 Å². The van der Waals surface area contributed by atoms with Gasteiger partial charge in [0.05, 0.1) is 41.9 Å². The molecular weight excluding hydrogens is 444 g/mol. The molecule has 0 bridgehead atoms. The number of carbonyl (C=O) groups is 1. The minimum absolute atomic E-state index is 0.124. The number of sulfonamides is 1. The smallest absolute Gasteiger partial charge is 0.311 e. The average molecular weight is 471 g/mol. The van der Waals surface area contributed by atoms with E-state index in [-0.39, 0.29) is 18.6 Å². The quantitative estimate of drug-likeness (QED) is 0.368. The molecule has 2 N–H and O–H groups in total. The van der Waals surface area contributed by atoms with E-state index in [9.17, 15) is 18.0 Å². The van der Waals surface area contributed by atoms with Crippen LogP contribution in [0.5, 0.6) is 0 Å². The summed E-state index contributed by atoms with van der Waals surface area (Å²) in [5, 5.41) is 2.96. The molecule has 3 aromatic rings. The Bertz CT molecular complexity index is 1320. The molecule has 0 fully saturated rings. The second kappa shape index (κ2) is 10.3. The van der Waals surface area contributed by atoms with E-state index in [2.05, 4.69) is 14.8 Å². The Balaban J connectivity index is 2.02. The number of anilines is 1. The SMILES string of the molecule is CCOC(=O)Cc1[nH]n(-c2ccc(NS(C)(=O)=O)cc2)c(=O)c1C=Nc1ccccc1CC. The van der Waals surface area contributed by atoms with Gasteiger partial charge >= 0.3 is 5.97 Å². The van der Waals surface area contributed by atoms with Crippen LogP contribution in [0.3, 0.4) is 0 Å². The zero-order valence-electron chi connectivity index (χ0n) is 18.7. The third kappa shape index (κ3) is 6.19. The molecule has 174 valence electrons. The Morgan fingerprint density at radius 1 is 1.15 bits per heavy atom. The number of H-pyrrole nitrogens is 1. The van der Waals surface area contributed by atoms with Crippen LogP contribution in [-0.4, -0.2) is 43.2 Å². The van der Waals surface area contributed by atoms with Crippen molar-refractivity contribution in [1.29, 1.82) is 0 Å². The molecule has 0 aliphatic heterocycles. The van der Waals surface area contributed by atoms with Gasteiger partial charge in [0.15, 0.2) is 0 Å². The van der Waals surface area contributed by atoms with Crippen LogP contribution in [-0.2, 0) is 32.4 Å². The van der Waals surface area contributed by atoms with Crippen LogP contribution >= 0.6 is 0 Å². The highest BCUT2D eigenvalue weighted by Gasteiger charge is 2.17. The molecule has 0 aliphatic carbocycles. The second-order valence-corrected chi connectivity index (χ2v) is 9.04. The van der Waals surface area contributed by atoms with Crippen LogP contribution in [0.2, 0.25) is 0 Å². The minimum atomic E-state index is -3.42. The van der Waals surface area contributed by atoms with Gasteiger partial charge in [0.2, 0.25) is 10.0 Å². The number of ether oxygens (including phenoxy) is 1. The fraction of sp³-hybridized carbons (Fsp3) is 0.261. The number of aryl methyl sites for hydroxylation is 1. The van der Waals surface area contributed by atoms with Gasteiger partial charge in [0.1, 0.15) is 0 Å². The van der Waals surface area contributed by atoms with E-state index in [0.29, 0.717) is 17.1 Å². The highest BCUT2D eigenvalue weighted by atomic mass is 32.2. The van der Waals surface area contributed by atoms with Crippen LogP contribution in [0.15, 0.2) is 58.3 Å². The Morgan fingerprint density at radius 2 is 1.85 bits per heavy atom. The molecule has 3 rings (SSSR count). The number of benzene rings is 2. The third-order valence-corrected chi connectivity index (χ3v) is 5.37. The Labute approximate surface area is 192 Å². The van der Waals surface area contributed by atoms with Gasteiger partial charge in [-0.15, -0.1) is 0 Å². The first kappa shape index (κ1) is 24.0. The summed E-state index contributed by atoms with van der Waals surface area (Å²) in [6.45, 7) is 3.96. The summed E-state index contributed by atoms with van der Waals surface area (Å²) in [6.07, 6.45) is 3.17. The lowest BCUT2D eigenvalue weighted by Gasteiger charge is -2.06. The summed E-state index contributed by atoms with van der Waals surface area (Å²) in [5.41, 5.74) is 2.83. The van der Waals surface area contributed by atoms with Crippen molar-refractivity contribution in [3.63, 3.8) is 0 Å². The van der Waals surface area contributed by atoms with Crippen molar-refractivity contribution < 1.29 is 17.9 Å². The number of aromatic amines is 1. The molecular formula is C23H26N4O5S. The summed E-state index contributed by atoms with van der Waals surface area (Å²) in [4.78, 5) is 29.8. The molecule has 10 heteroatoms. The molecule has 2 aromatic carbocycles. The first-order chi connectivity index (χ1) is 15.7. The number of hydrogen-bond acceptors (Lipinski definition) is 6. The number of rotatable bonds is 9. The van der Waals surface area contributed by atoms with E-state index in [4.69, 9.17) is 4.74 Å². The van der Waals surface area contributed by atoms with Crippen molar-refractivity contribution in [2.75, 3.05) is 17.6 Å². The zero-order chi connectivity index (χ0) is 24.0.